The summed E-state index contributed by atoms with van der Waals surface area (Å²) in [6.07, 6.45) is 4.09. The fourth-order valence-corrected chi connectivity index (χ4v) is 3.76. The highest BCUT2D eigenvalue weighted by molar-refractivity contribution is 7.10. The van der Waals surface area contributed by atoms with E-state index in [2.05, 4.69) is 49.7 Å². The third kappa shape index (κ3) is 2.06. The average molecular weight is 273 g/mol. The third-order valence-electron chi connectivity index (χ3n) is 4.11. The van der Waals surface area contributed by atoms with Crippen LogP contribution >= 0.6 is 11.3 Å². The van der Waals surface area contributed by atoms with E-state index in [0.29, 0.717) is 5.78 Å². The summed E-state index contributed by atoms with van der Waals surface area (Å²) in [7, 11) is 0. The maximum absolute atomic E-state index is 12.8. The molecule has 1 aliphatic carbocycles. The van der Waals surface area contributed by atoms with Crippen LogP contribution < -0.4 is 5.32 Å². The summed E-state index contributed by atoms with van der Waals surface area (Å²) >= 11 is 1.73. The predicted molar refractivity (Wildman–Crippen MR) is 79.0 cm³/mol. The Hall–Kier alpha value is -1.35. The molecule has 3 rings (SSSR count). The van der Waals surface area contributed by atoms with Crippen molar-refractivity contribution in [3.8, 4) is 0 Å². The molecule has 1 aliphatic heterocycles. The minimum Gasteiger partial charge on any atom is -0.362 e. The van der Waals surface area contributed by atoms with Gasteiger partial charge in [-0.25, -0.2) is 0 Å². The van der Waals surface area contributed by atoms with Gasteiger partial charge in [0.2, 0.25) is 0 Å². The van der Waals surface area contributed by atoms with Crippen molar-refractivity contribution in [2.24, 2.45) is 5.41 Å². The highest BCUT2D eigenvalue weighted by Crippen LogP contribution is 2.44. The standard InChI is InChI=1S/C16H19NOS/c1-10-9-11(13-5-4-8-19-13)14-12(17-10)6-7-16(2,3)15(14)18/h4-5,8-9,11,17H,6-7H2,1-3H3. The van der Waals surface area contributed by atoms with E-state index < -0.39 is 0 Å². The molecule has 1 N–H and O–H groups in total. The second-order valence-electron chi connectivity index (χ2n) is 6.07. The molecule has 19 heavy (non-hydrogen) atoms. The number of Topliss-reactive ketones (excluding diaryl/α,β-unsaturated/α-hetero) is 1. The molecule has 3 heteroatoms. The van der Waals surface area contributed by atoms with Crippen LogP contribution in [0.1, 0.15) is 44.4 Å². The zero-order chi connectivity index (χ0) is 13.6. The Bertz CT molecular complexity index is 578. The molecule has 100 valence electrons. The van der Waals surface area contributed by atoms with Crippen LogP contribution in [0, 0.1) is 5.41 Å². The average Bonchev–Trinajstić information content (AvgIpc) is 2.87. The molecule has 2 aliphatic rings. The Morgan fingerprint density at radius 2 is 2.21 bits per heavy atom. The van der Waals surface area contributed by atoms with Gasteiger partial charge in [0.05, 0.1) is 0 Å². The molecule has 0 saturated carbocycles. The van der Waals surface area contributed by atoms with Crippen LogP contribution in [-0.4, -0.2) is 5.78 Å². The van der Waals surface area contributed by atoms with E-state index in [1.54, 1.807) is 11.3 Å². The zero-order valence-corrected chi connectivity index (χ0v) is 12.4. The molecular formula is C16H19NOS. The molecular weight excluding hydrogens is 254 g/mol. The highest BCUT2D eigenvalue weighted by atomic mass is 32.1. The Morgan fingerprint density at radius 1 is 1.42 bits per heavy atom. The Labute approximate surface area is 118 Å². The quantitative estimate of drug-likeness (QED) is 0.838. The fraction of sp³-hybridized carbons (Fsp3) is 0.438. The summed E-state index contributed by atoms with van der Waals surface area (Å²) in [5.41, 5.74) is 3.06. The molecule has 1 aromatic heterocycles. The molecule has 2 heterocycles. The Balaban J connectivity index is 2.10. The van der Waals surface area contributed by atoms with Crippen molar-refractivity contribution < 1.29 is 4.79 Å². The van der Waals surface area contributed by atoms with Crippen molar-refractivity contribution in [1.29, 1.82) is 0 Å². The van der Waals surface area contributed by atoms with Gasteiger partial charge in [-0.15, -0.1) is 11.3 Å². The number of nitrogens with one attached hydrogen (secondary N) is 1. The normalized spacial score (nSPS) is 25.7. The largest absolute Gasteiger partial charge is 0.362 e. The van der Waals surface area contributed by atoms with Gasteiger partial charge < -0.3 is 5.32 Å². The summed E-state index contributed by atoms with van der Waals surface area (Å²) in [6.45, 7) is 6.21. The summed E-state index contributed by atoms with van der Waals surface area (Å²) in [5, 5.41) is 5.49. The van der Waals surface area contributed by atoms with Gasteiger partial charge in [-0.05, 0) is 31.2 Å². The molecule has 0 fully saturated rings. The molecule has 0 bridgehead atoms. The van der Waals surface area contributed by atoms with Gasteiger partial charge in [0, 0.05) is 33.2 Å². The molecule has 1 aromatic rings. The van der Waals surface area contributed by atoms with E-state index in [4.69, 9.17) is 0 Å². The first kappa shape index (κ1) is 12.7. The van der Waals surface area contributed by atoms with Gasteiger partial charge in [-0.2, -0.15) is 0 Å². The smallest absolute Gasteiger partial charge is 0.167 e. The van der Waals surface area contributed by atoms with Crippen molar-refractivity contribution in [2.75, 3.05) is 0 Å². The number of rotatable bonds is 1. The maximum atomic E-state index is 12.8. The van der Waals surface area contributed by atoms with Gasteiger partial charge in [0.1, 0.15) is 0 Å². The SMILES string of the molecule is CC1=CC(c2cccs2)C2=C(CCC(C)(C)C2=O)N1. The van der Waals surface area contributed by atoms with Crippen LogP contribution in [-0.2, 0) is 4.79 Å². The Morgan fingerprint density at radius 3 is 2.89 bits per heavy atom. The lowest BCUT2D eigenvalue weighted by Crippen LogP contribution is -2.37. The lowest BCUT2D eigenvalue weighted by atomic mass is 9.70. The van der Waals surface area contributed by atoms with Crippen molar-refractivity contribution >= 4 is 17.1 Å². The Kier molecular flexibility index (Phi) is 2.90. The number of dihydropyridines is 1. The third-order valence-corrected chi connectivity index (χ3v) is 5.07. The van der Waals surface area contributed by atoms with E-state index in [1.807, 2.05) is 0 Å². The summed E-state index contributed by atoms with van der Waals surface area (Å²) < 4.78 is 0. The van der Waals surface area contributed by atoms with E-state index in [9.17, 15) is 4.79 Å². The summed E-state index contributed by atoms with van der Waals surface area (Å²) in [6, 6.07) is 4.19. The minimum atomic E-state index is -0.227. The number of carbonyl (C=O) groups excluding carboxylic acids is 1. The van der Waals surface area contributed by atoms with Crippen LogP contribution in [0.3, 0.4) is 0 Å². The van der Waals surface area contributed by atoms with E-state index in [1.165, 1.54) is 4.88 Å². The lowest BCUT2D eigenvalue weighted by Gasteiger charge is -2.37. The number of thiophene rings is 1. The van der Waals surface area contributed by atoms with Crippen molar-refractivity contribution in [3.63, 3.8) is 0 Å². The van der Waals surface area contributed by atoms with Crippen molar-refractivity contribution in [1.82, 2.24) is 5.32 Å². The van der Waals surface area contributed by atoms with Crippen LogP contribution in [0.5, 0.6) is 0 Å². The number of ketones is 1. The maximum Gasteiger partial charge on any atom is 0.167 e. The summed E-state index contributed by atoms with van der Waals surface area (Å²) in [4.78, 5) is 14.0. The molecule has 1 atom stereocenters. The first-order valence-corrected chi connectivity index (χ1v) is 7.64. The molecule has 2 nitrogen and oxygen atoms in total. The monoisotopic (exact) mass is 273 g/mol. The van der Waals surface area contributed by atoms with Crippen LogP contribution in [0.25, 0.3) is 0 Å². The van der Waals surface area contributed by atoms with E-state index in [-0.39, 0.29) is 11.3 Å². The van der Waals surface area contributed by atoms with Gasteiger partial charge >= 0.3 is 0 Å². The van der Waals surface area contributed by atoms with Crippen LogP contribution in [0.4, 0.5) is 0 Å². The van der Waals surface area contributed by atoms with Gasteiger partial charge in [-0.1, -0.05) is 26.0 Å². The molecule has 0 radical (unpaired) electrons. The highest BCUT2D eigenvalue weighted by Gasteiger charge is 2.40. The minimum absolute atomic E-state index is 0.142. The van der Waals surface area contributed by atoms with Crippen molar-refractivity contribution in [2.45, 2.75) is 39.5 Å². The second-order valence-corrected chi connectivity index (χ2v) is 7.05. The first-order chi connectivity index (χ1) is 8.99. The number of hydrogen-bond acceptors (Lipinski definition) is 3. The molecule has 1 unspecified atom stereocenters. The van der Waals surface area contributed by atoms with Crippen LogP contribution in [0.2, 0.25) is 0 Å². The molecule has 0 saturated heterocycles. The summed E-state index contributed by atoms with van der Waals surface area (Å²) in [5.74, 6) is 0.451. The lowest BCUT2D eigenvalue weighted by molar-refractivity contribution is -0.124. The van der Waals surface area contributed by atoms with E-state index >= 15 is 0 Å². The number of hydrogen-bond donors (Lipinski definition) is 1. The van der Waals surface area contributed by atoms with Crippen molar-refractivity contribution in [3.05, 3.63) is 45.4 Å². The number of carbonyl (C=O) groups is 1. The second kappa shape index (κ2) is 4.34. The molecule has 0 aromatic carbocycles. The van der Waals surface area contributed by atoms with Gasteiger partial charge in [0.25, 0.3) is 0 Å². The fourth-order valence-electron chi connectivity index (χ4n) is 2.95. The topological polar surface area (TPSA) is 29.1 Å². The van der Waals surface area contributed by atoms with E-state index in [0.717, 1.165) is 29.8 Å². The number of allylic oxidation sites excluding steroid dienone is 4. The molecule has 0 spiro atoms. The predicted octanol–water partition coefficient (Wildman–Crippen LogP) is 3.98. The zero-order valence-electron chi connectivity index (χ0n) is 11.6. The molecule has 0 amide bonds. The first-order valence-electron chi connectivity index (χ1n) is 6.76. The van der Waals surface area contributed by atoms with Gasteiger partial charge in [-0.3, -0.25) is 4.79 Å². The van der Waals surface area contributed by atoms with Crippen LogP contribution in [0.15, 0.2) is 40.6 Å². The van der Waals surface area contributed by atoms with Gasteiger partial charge in [0.15, 0.2) is 5.78 Å².